The molecule has 2 heterocycles. The second-order valence-electron chi connectivity index (χ2n) is 3.72. The van der Waals surface area contributed by atoms with Gasteiger partial charge >= 0.3 is 6.09 Å². The summed E-state index contributed by atoms with van der Waals surface area (Å²) in [6.45, 7) is 2.00. The van der Waals surface area contributed by atoms with Crippen LogP contribution in [0.15, 0.2) is 34.8 Å². The summed E-state index contributed by atoms with van der Waals surface area (Å²) in [4.78, 5) is 35.3. The Morgan fingerprint density at radius 2 is 2.26 bits per heavy atom. The van der Waals surface area contributed by atoms with E-state index < -0.39 is 17.9 Å². The molecule has 0 atom stereocenters. The molecule has 1 aliphatic rings. The number of ether oxygens (including phenoxy) is 1. The summed E-state index contributed by atoms with van der Waals surface area (Å²) in [7, 11) is 0. The summed E-state index contributed by atoms with van der Waals surface area (Å²) in [5.41, 5.74) is 0.870. The summed E-state index contributed by atoms with van der Waals surface area (Å²) in [6, 6.07) is 1.72. The van der Waals surface area contributed by atoms with Gasteiger partial charge in [0, 0.05) is 18.2 Å². The third-order valence-corrected chi connectivity index (χ3v) is 2.44. The van der Waals surface area contributed by atoms with Crippen LogP contribution < -0.4 is 5.32 Å². The second kappa shape index (κ2) is 5.38. The van der Waals surface area contributed by atoms with Gasteiger partial charge in [0.15, 0.2) is 0 Å². The number of nitrogens with one attached hydrogen (secondary N) is 1. The highest BCUT2D eigenvalue weighted by molar-refractivity contribution is 6.23. The number of furan rings is 1. The molecule has 0 saturated carbocycles. The van der Waals surface area contributed by atoms with E-state index in [0.29, 0.717) is 11.4 Å². The van der Waals surface area contributed by atoms with E-state index in [9.17, 15) is 14.4 Å². The van der Waals surface area contributed by atoms with Gasteiger partial charge in [-0.05, 0) is 13.0 Å². The Balaban J connectivity index is 2.00. The molecule has 0 aliphatic carbocycles. The summed E-state index contributed by atoms with van der Waals surface area (Å²) >= 11 is 0. The second-order valence-corrected chi connectivity index (χ2v) is 3.72. The lowest BCUT2D eigenvalue weighted by Crippen LogP contribution is -2.39. The zero-order chi connectivity index (χ0) is 13.8. The van der Waals surface area contributed by atoms with Crippen molar-refractivity contribution in [1.82, 2.24) is 10.2 Å². The molecule has 3 amide bonds. The van der Waals surface area contributed by atoms with Crippen LogP contribution in [0.5, 0.6) is 0 Å². The molecule has 0 bridgehead atoms. The quantitative estimate of drug-likeness (QED) is 0.808. The number of hydrogen-bond donors (Lipinski definition) is 1. The van der Waals surface area contributed by atoms with Crippen LogP contribution in [-0.2, 0) is 20.9 Å². The van der Waals surface area contributed by atoms with Crippen LogP contribution in [-0.4, -0.2) is 29.4 Å². The van der Waals surface area contributed by atoms with Gasteiger partial charge in [-0.1, -0.05) is 0 Å². The molecular formula is C12H12N2O5. The fourth-order valence-electron chi connectivity index (χ4n) is 1.55. The molecular weight excluding hydrogens is 252 g/mol. The highest BCUT2D eigenvalue weighted by atomic mass is 16.6. The maximum atomic E-state index is 11.8. The lowest BCUT2D eigenvalue weighted by atomic mass is 10.3. The first kappa shape index (κ1) is 12.9. The summed E-state index contributed by atoms with van der Waals surface area (Å²) in [5.74, 6) is -1.43. The van der Waals surface area contributed by atoms with Crippen molar-refractivity contribution in [3.8, 4) is 0 Å². The van der Waals surface area contributed by atoms with E-state index in [0.717, 1.165) is 11.6 Å². The molecule has 1 aromatic heterocycles. The number of imide groups is 3. The summed E-state index contributed by atoms with van der Waals surface area (Å²) in [6.07, 6.45) is 3.11. The van der Waals surface area contributed by atoms with Crippen LogP contribution in [0.2, 0.25) is 0 Å². The molecule has 0 spiro atoms. The predicted octanol–water partition coefficient (Wildman–Crippen LogP) is 0.778. The van der Waals surface area contributed by atoms with E-state index >= 15 is 0 Å². The zero-order valence-corrected chi connectivity index (χ0v) is 10.2. The molecule has 100 valence electrons. The smallest absolute Gasteiger partial charge is 0.424 e. The molecule has 0 unspecified atom stereocenters. The van der Waals surface area contributed by atoms with Crippen molar-refractivity contribution in [2.75, 3.05) is 6.61 Å². The van der Waals surface area contributed by atoms with E-state index in [-0.39, 0.29) is 12.3 Å². The topological polar surface area (TPSA) is 88.8 Å². The van der Waals surface area contributed by atoms with E-state index in [1.54, 1.807) is 13.0 Å². The van der Waals surface area contributed by atoms with Crippen LogP contribution in [0.4, 0.5) is 4.79 Å². The molecule has 0 radical (unpaired) electrons. The number of rotatable bonds is 4. The maximum absolute atomic E-state index is 11.8. The number of nitrogens with zero attached hydrogens (tertiary/aromatic N) is 1. The zero-order valence-electron chi connectivity index (χ0n) is 10.2. The van der Waals surface area contributed by atoms with Crippen molar-refractivity contribution >= 4 is 17.9 Å². The van der Waals surface area contributed by atoms with Gasteiger partial charge in [0.1, 0.15) is 5.70 Å². The Labute approximate surface area is 108 Å². The molecule has 19 heavy (non-hydrogen) atoms. The lowest BCUT2D eigenvalue weighted by Gasteiger charge is -2.12. The molecule has 2 rings (SSSR count). The molecule has 0 saturated heterocycles. The van der Waals surface area contributed by atoms with Crippen molar-refractivity contribution in [1.29, 1.82) is 0 Å². The predicted molar refractivity (Wildman–Crippen MR) is 62.5 cm³/mol. The van der Waals surface area contributed by atoms with Crippen LogP contribution in [0.3, 0.4) is 0 Å². The molecule has 7 nitrogen and oxygen atoms in total. The highest BCUT2D eigenvalue weighted by Gasteiger charge is 2.37. The van der Waals surface area contributed by atoms with E-state index in [2.05, 4.69) is 10.1 Å². The third-order valence-electron chi connectivity index (χ3n) is 2.44. The van der Waals surface area contributed by atoms with Crippen molar-refractivity contribution in [3.63, 3.8) is 0 Å². The van der Waals surface area contributed by atoms with Crippen molar-refractivity contribution in [3.05, 3.63) is 35.9 Å². The molecule has 1 N–H and O–H groups in total. The van der Waals surface area contributed by atoms with Gasteiger partial charge in [-0.15, -0.1) is 0 Å². The van der Waals surface area contributed by atoms with Gasteiger partial charge in [-0.25, -0.2) is 4.79 Å². The number of amides is 3. The van der Waals surface area contributed by atoms with Crippen LogP contribution in [0.25, 0.3) is 0 Å². The standard InChI is InChI=1S/C12H12N2O5/c1-2-19-12(17)14-10(15)5-9(11(14)16)13-6-8-3-4-18-7-8/h3-5,7,13H,2,6H2,1H3. The molecule has 1 aromatic rings. The summed E-state index contributed by atoms with van der Waals surface area (Å²) < 4.78 is 9.51. The van der Waals surface area contributed by atoms with Gasteiger partial charge < -0.3 is 14.5 Å². The minimum Gasteiger partial charge on any atom is -0.472 e. The Morgan fingerprint density at radius 1 is 1.47 bits per heavy atom. The van der Waals surface area contributed by atoms with Gasteiger partial charge in [-0.2, -0.15) is 4.90 Å². The van der Waals surface area contributed by atoms with Crippen molar-refractivity contribution in [2.45, 2.75) is 13.5 Å². The third kappa shape index (κ3) is 2.65. The Bertz CT molecular complexity index is 532. The molecule has 0 aromatic carbocycles. The van der Waals surface area contributed by atoms with Gasteiger partial charge in [0.25, 0.3) is 11.8 Å². The number of carbonyl (C=O) groups is 3. The highest BCUT2D eigenvalue weighted by Crippen LogP contribution is 2.13. The van der Waals surface area contributed by atoms with E-state index in [1.165, 1.54) is 12.5 Å². The van der Waals surface area contributed by atoms with Gasteiger partial charge in [-0.3, -0.25) is 9.59 Å². The van der Waals surface area contributed by atoms with E-state index in [4.69, 9.17) is 4.42 Å². The van der Waals surface area contributed by atoms with Crippen molar-refractivity contribution in [2.24, 2.45) is 0 Å². The Hall–Kier alpha value is -2.57. The van der Waals surface area contributed by atoms with Gasteiger partial charge in [0.05, 0.1) is 19.1 Å². The molecule has 0 fully saturated rings. The average molecular weight is 264 g/mol. The first-order valence-electron chi connectivity index (χ1n) is 5.65. The lowest BCUT2D eigenvalue weighted by molar-refractivity contribution is -0.135. The SMILES string of the molecule is CCOC(=O)N1C(=O)C=C(NCc2ccoc2)C1=O. The Morgan fingerprint density at radius 3 is 2.89 bits per heavy atom. The van der Waals surface area contributed by atoms with Gasteiger partial charge in [0.2, 0.25) is 0 Å². The first-order chi connectivity index (χ1) is 9.13. The van der Waals surface area contributed by atoms with Crippen LogP contribution in [0.1, 0.15) is 12.5 Å². The van der Waals surface area contributed by atoms with E-state index in [1.807, 2.05) is 0 Å². The van der Waals surface area contributed by atoms with Crippen LogP contribution in [0, 0.1) is 0 Å². The molecule has 1 aliphatic heterocycles. The fraction of sp³-hybridized carbons (Fsp3) is 0.250. The maximum Gasteiger partial charge on any atom is 0.424 e. The number of hydrogen-bond acceptors (Lipinski definition) is 6. The van der Waals surface area contributed by atoms with Crippen LogP contribution >= 0.6 is 0 Å². The average Bonchev–Trinajstić information content (AvgIpc) is 2.96. The van der Waals surface area contributed by atoms with Crippen molar-refractivity contribution < 1.29 is 23.5 Å². The molecule has 7 heteroatoms. The number of carbonyl (C=O) groups excluding carboxylic acids is 3. The normalized spacial score (nSPS) is 14.6. The minimum atomic E-state index is -0.964. The summed E-state index contributed by atoms with van der Waals surface area (Å²) in [5, 5.41) is 2.77. The largest absolute Gasteiger partial charge is 0.472 e. The monoisotopic (exact) mass is 264 g/mol. The first-order valence-corrected chi connectivity index (χ1v) is 5.65. The minimum absolute atomic E-state index is 0.0549. The fourth-order valence-corrected chi connectivity index (χ4v) is 1.55. The Kier molecular flexibility index (Phi) is 3.65.